The molecule has 0 radical (unpaired) electrons. The average Bonchev–Trinajstić information content (AvgIpc) is 2.79. The van der Waals surface area contributed by atoms with Crippen LogP contribution in [0.2, 0.25) is 0 Å². The first-order valence-corrected chi connectivity index (χ1v) is 12.0. The number of carbonyl (C=O) groups excluding carboxylic acids is 1. The summed E-state index contributed by atoms with van der Waals surface area (Å²) in [5.74, 6) is 0.802. The normalized spacial score (nSPS) is 16.8. The summed E-state index contributed by atoms with van der Waals surface area (Å²) in [6.07, 6.45) is 0. The van der Waals surface area contributed by atoms with Gasteiger partial charge >= 0.3 is 0 Å². The van der Waals surface area contributed by atoms with Crippen molar-refractivity contribution in [2.45, 2.75) is 37.6 Å². The number of anilines is 1. The molecule has 2 aromatic carbocycles. The molecule has 1 saturated heterocycles. The van der Waals surface area contributed by atoms with Crippen molar-refractivity contribution in [3.63, 3.8) is 0 Å². The zero-order chi connectivity index (χ0) is 22.6. The standard InChI is InChI=1S/C23H31N3O4S/c1-17(2)19-9-11-20(12-10-19)31(28,29)26-15-13-25(14-16-26)18(3)23(27)24-21-7-5-6-8-22(21)30-4/h5-12,17-18H,13-16H2,1-4H3,(H,24,27). The lowest BCUT2D eigenvalue weighted by Gasteiger charge is -2.36. The second-order valence-electron chi connectivity index (χ2n) is 8.03. The quantitative estimate of drug-likeness (QED) is 0.708. The number of hydrogen-bond acceptors (Lipinski definition) is 5. The molecule has 1 unspecified atom stereocenters. The van der Waals surface area contributed by atoms with Gasteiger partial charge < -0.3 is 10.1 Å². The smallest absolute Gasteiger partial charge is 0.243 e. The zero-order valence-corrected chi connectivity index (χ0v) is 19.4. The van der Waals surface area contributed by atoms with E-state index in [9.17, 15) is 13.2 Å². The largest absolute Gasteiger partial charge is 0.495 e. The molecule has 0 bridgehead atoms. The summed E-state index contributed by atoms with van der Waals surface area (Å²) < 4.78 is 32.8. The molecule has 7 nitrogen and oxygen atoms in total. The third-order valence-corrected chi connectivity index (χ3v) is 7.66. The summed E-state index contributed by atoms with van der Waals surface area (Å²) >= 11 is 0. The van der Waals surface area contributed by atoms with Crippen molar-refractivity contribution in [1.29, 1.82) is 0 Å². The molecule has 1 atom stereocenters. The Hall–Kier alpha value is -2.42. The summed E-state index contributed by atoms with van der Waals surface area (Å²) in [6, 6.07) is 14.0. The van der Waals surface area contributed by atoms with Gasteiger partial charge in [-0.2, -0.15) is 4.31 Å². The number of nitrogens with one attached hydrogen (secondary N) is 1. The van der Waals surface area contributed by atoms with E-state index in [0.29, 0.717) is 48.4 Å². The average molecular weight is 446 g/mol. The van der Waals surface area contributed by atoms with Crippen LogP contribution in [0.3, 0.4) is 0 Å². The molecule has 8 heteroatoms. The first-order chi connectivity index (χ1) is 14.7. The molecular weight excluding hydrogens is 414 g/mol. The first kappa shape index (κ1) is 23.2. The molecule has 1 N–H and O–H groups in total. The van der Waals surface area contributed by atoms with Crippen molar-refractivity contribution >= 4 is 21.6 Å². The van der Waals surface area contributed by atoms with Gasteiger partial charge in [0.2, 0.25) is 15.9 Å². The molecule has 1 fully saturated rings. The van der Waals surface area contributed by atoms with Gasteiger partial charge in [-0.05, 0) is 42.7 Å². The van der Waals surface area contributed by atoms with E-state index in [1.54, 1.807) is 31.4 Å². The number of nitrogens with zero attached hydrogens (tertiary/aromatic N) is 2. The van der Waals surface area contributed by atoms with Gasteiger partial charge in [-0.15, -0.1) is 0 Å². The molecule has 1 aliphatic heterocycles. The molecule has 3 rings (SSSR count). The Labute approximate surface area is 185 Å². The molecule has 31 heavy (non-hydrogen) atoms. The van der Waals surface area contributed by atoms with E-state index in [0.717, 1.165) is 5.56 Å². The molecule has 1 aliphatic rings. The maximum absolute atomic E-state index is 13.0. The van der Waals surface area contributed by atoms with Crippen molar-refractivity contribution < 1.29 is 17.9 Å². The minimum absolute atomic E-state index is 0.148. The summed E-state index contributed by atoms with van der Waals surface area (Å²) in [6.45, 7) is 7.66. The number of carbonyl (C=O) groups is 1. The minimum Gasteiger partial charge on any atom is -0.495 e. The summed E-state index contributed by atoms with van der Waals surface area (Å²) in [5.41, 5.74) is 1.73. The van der Waals surface area contributed by atoms with Crippen molar-refractivity contribution in [1.82, 2.24) is 9.21 Å². The lowest BCUT2D eigenvalue weighted by atomic mass is 10.0. The Morgan fingerprint density at radius 2 is 1.58 bits per heavy atom. The van der Waals surface area contributed by atoms with Crippen molar-refractivity contribution in [3.8, 4) is 5.75 Å². The predicted octanol–water partition coefficient (Wildman–Crippen LogP) is 3.15. The molecule has 1 heterocycles. The van der Waals surface area contributed by atoms with Gasteiger partial charge in [-0.3, -0.25) is 9.69 Å². The maximum Gasteiger partial charge on any atom is 0.243 e. The van der Waals surface area contributed by atoms with E-state index in [1.807, 2.05) is 36.1 Å². The lowest BCUT2D eigenvalue weighted by molar-refractivity contribution is -0.121. The third kappa shape index (κ3) is 5.26. The molecule has 0 aromatic heterocycles. The monoisotopic (exact) mass is 445 g/mol. The Morgan fingerprint density at radius 3 is 2.16 bits per heavy atom. The van der Waals surface area contributed by atoms with Crippen LogP contribution in [0.1, 0.15) is 32.3 Å². The lowest BCUT2D eigenvalue weighted by Crippen LogP contribution is -2.53. The van der Waals surface area contributed by atoms with E-state index >= 15 is 0 Å². The highest BCUT2D eigenvalue weighted by molar-refractivity contribution is 7.89. The summed E-state index contributed by atoms with van der Waals surface area (Å²) in [4.78, 5) is 15.0. The molecule has 2 aromatic rings. The SMILES string of the molecule is COc1ccccc1NC(=O)C(C)N1CCN(S(=O)(=O)c2ccc(C(C)C)cc2)CC1. The van der Waals surface area contributed by atoms with Gasteiger partial charge in [-0.25, -0.2) is 8.42 Å². The Balaban J connectivity index is 1.61. The van der Waals surface area contributed by atoms with Crippen LogP contribution in [0.15, 0.2) is 53.4 Å². The highest BCUT2D eigenvalue weighted by Crippen LogP contribution is 2.24. The molecule has 0 aliphatic carbocycles. The van der Waals surface area contributed by atoms with E-state index < -0.39 is 10.0 Å². The number of hydrogen-bond donors (Lipinski definition) is 1. The number of benzene rings is 2. The van der Waals surface area contributed by atoms with Gasteiger partial charge in [-0.1, -0.05) is 38.1 Å². The molecule has 1 amide bonds. The topological polar surface area (TPSA) is 79.0 Å². The van der Waals surface area contributed by atoms with E-state index in [-0.39, 0.29) is 11.9 Å². The summed E-state index contributed by atoms with van der Waals surface area (Å²) in [5, 5.41) is 2.90. The van der Waals surface area contributed by atoms with Crippen LogP contribution in [-0.4, -0.2) is 62.9 Å². The fraction of sp³-hybridized carbons (Fsp3) is 0.435. The van der Waals surface area contributed by atoms with Gasteiger partial charge in [0.05, 0.1) is 23.7 Å². The van der Waals surface area contributed by atoms with Crippen molar-refractivity contribution in [2.24, 2.45) is 0 Å². The number of amides is 1. The maximum atomic E-state index is 13.0. The van der Waals surface area contributed by atoms with Gasteiger partial charge in [0.15, 0.2) is 0 Å². The molecule has 0 spiro atoms. The number of rotatable bonds is 7. The van der Waals surface area contributed by atoms with Crippen LogP contribution in [0.5, 0.6) is 5.75 Å². The van der Waals surface area contributed by atoms with E-state index in [4.69, 9.17) is 4.74 Å². The molecule has 0 saturated carbocycles. The summed E-state index contributed by atoms with van der Waals surface area (Å²) in [7, 11) is -1.98. The van der Waals surface area contributed by atoms with E-state index in [2.05, 4.69) is 19.2 Å². The number of ether oxygens (including phenoxy) is 1. The number of para-hydroxylation sites is 2. The fourth-order valence-corrected chi connectivity index (χ4v) is 5.08. The first-order valence-electron chi connectivity index (χ1n) is 10.5. The van der Waals surface area contributed by atoms with Crippen LogP contribution in [0.25, 0.3) is 0 Å². The van der Waals surface area contributed by atoms with Crippen LogP contribution >= 0.6 is 0 Å². The zero-order valence-electron chi connectivity index (χ0n) is 18.5. The Kier molecular flexibility index (Phi) is 7.35. The second-order valence-corrected chi connectivity index (χ2v) is 9.97. The van der Waals surface area contributed by atoms with Gasteiger partial charge in [0, 0.05) is 26.2 Å². The van der Waals surface area contributed by atoms with Crippen LogP contribution in [-0.2, 0) is 14.8 Å². The highest BCUT2D eigenvalue weighted by atomic mass is 32.2. The Bertz CT molecular complexity index is 998. The van der Waals surface area contributed by atoms with Crippen LogP contribution in [0, 0.1) is 0 Å². The predicted molar refractivity (Wildman–Crippen MR) is 122 cm³/mol. The second kappa shape index (κ2) is 9.80. The third-order valence-electron chi connectivity index (χ3n) is 5.75. The van der Waals surface area contributed by atoms with Gasteiger partial charge in [0.1, 0.15) is 5.75 Å². The van der Waals surface area contributed by atoms with Crippen LogP contribution < -0.4 is 10.1 Å². The van der Waals surface area contributed by atoms with Crippen molar-refractivity contribution in [3.05, 3.63) is 54.1 Å². The number of piperazine rings is 1. The molecule has 168 valence electrons. The van der Waals surface area contributed by atoms with Crippen LogP contribution in [0.4, 0.5) is 5.69 Å². The van der Waals surface area contributed by atoms with Crippen molar-refractivity contribution in [2.75, 3.05) is 38.6 Å². The Morgan fingerprint density at radius 1 is 0.968 bits per heavy atom. The number of methoxy groups -OCH3 is 1. The highest BCUT2D eigenvalue weighted by Gasteiger charge is 2.32. The number of sulfonamides is 1. The van der Waals surface area contributed by atoms with Gasteiger partial charge in [0.25, 0.3) is 0 Å². The van der Waals surface area contributed by atoms with E-state index in [1.165, 1.54) is 4.31 Å². The molecular formula is C23H31N3O4S. The fourth-order valence-electron chi connectivity index (χ4n) is 3.66. The minimum atomic E-state index is -3.54.